The molecule has 0 aliphatic heterocycles. The number of imidazole rings is 1. The second-order valence-electron chi connectivity index (χ2n) is 4.56. The van der Waals surface area contributed by atoms with Gasteiger partial charge in [-0.15, -0.1) is 0 Å². The highest BCUT2D eigenvalue weighted by Crippen LogP contribution is 2.25. The van der Waals surface area contributed by atoms with E-state index in [0.717, 1.165) is 23.0 Å². The molecular formula is C13H16N4O. The Bertz CT molecular complexity index is 632. The third kappa shape index (κ3) is 2.44. The van der Waals surface area contributed by atoms with E-state index in [0.29, 0.717) is 6.42 Å². The first-order valence-electron chi connectivity index (χ1n) is 5.87. The molecule has 0 spiro atoms. The van der Waals surface area contributed by atoms with Gasteiger partial charge >= 0.3 is 5.69 Å². The monoisotopic (exact) mass is 244 g/mol. The number of hydrogen-bond acceptors (Lipinski definition) is 3. The summed E-state index contributed by atoms with van der Waals surface area (Å²) in [6, 6.07) is 8.22. The van der Waals surface area contributed by atoms with E-state index in [1.165, 1.54) is 0 Å². The second kappa shape index (κ2) is 5.07. The summed E-state index contributed by atoms with van der Waals surface area (Å²) in [5.74, 6) is 0. The Labute approximate surface area is 105 Å². The van der Waals surface area contributed by atoms with Crippen molar-refractivity contribution >= 4 is 11.0 Å². The summed E-state index contributed by atoms with van der Waals surface area (Å²) < 4.78 is 0. The number of nitrogens with zero attached hydrogens (tertiary/aromatic N) is 2. The maximum absolute atomic E-state index is 11.2. The van der Waals surface area contributed by atoms with Gasteiger partial charge in [-0.25, -0.2) is 4.79 Å². The zero-order valence-corrected chi connectivity index (χ0v) is 10.5. The third-order valence-corrected chi connectivity index (χ3v) is 3.08. The molecule has 1 aromatic heterocycles. The lowest BCUT2D eigenvalue weighted by Gasteiger charge is -2.23. The Morgan fingerprint density at radius 2 is 2.06 bits per heavy atom. The van der Waals surface area contributed by atoms with Gasteiger partial charge in [0.1, 0.15) is 0 Å². The van der Waals surface area contributed by atoms with Gasteiger partial charge in [0, 0.05) is 12.5 Å². The van der Waals surface area contributed by atoms with Crippen molar-refractivity contribution < 1.29 is 0 Å². The number of rotatable bonds is 4. The Morgan fingerprint density at radius 3 is 2.72 bits per heavy atom. The summed E-state index contributed by atoms with van der Waals surface area (Å²) in [5.41, 5.74) is 2.53. The Kier molecular flexibility index (Phi) is 3.49. The third-order valence-electron chi connectivity index (χ3n) is 3.08. The molecule has 5 nitrogen and oxygen atoms in total. The van der Waals surface area contributed by atoms with Gasteiger partial charge in [0.2, 0.25) is 0 Å². The van der Waals surface area contributed by atoms with Gasteiger partial charge in [-0.2, -0.15) is 5.26 Å². The summed E-state index contributed by atoms with van der Waals surface area (Å²) in [7, 11) is 3.98. The predicted molar refractivity (Wildman–Crippen MR) is 70.2 cm³/mol. The molecule has 1 aromatic carbocycles. The van der Waals surface area contributed by atoms with Crippen molar-refractivity contribution in [1.29, 1.82) is 5.26 Å². The lowest BCUT2D eigenvalue weighted by Crippen LogP contribution is -2.19. The minimum Gasteiger partial charge on any atom is -0.306 e. The van der Waals surface area contributed by atoms with E-state index < -0.39 is 0 Å². The molecule has 2 rings (SSSR count). The average Bonchev–Trinajstić information content (AvgIpc) is 2.68. The molecule has 0 amide bonds. The molecule has 1 heterocycles. The zero-order valence-electron chi connectivity index (χ0n) is 10.5. The smallest absolute Gasteiger partial charge is 0.306 e. The Morgan fingerprint density at radius 1 is 1.33 bits per heavy atom. The van der Waals surface area contributed by atoms with Crippen molar-refractivity contribution in [2.45, 2.75) is 18.9 Å². The van der Waals surface area contributed by atoms with Crippen molar-refractivity contribution in [3.05, 3.63) is 34.2 Å². The summed E-state index contributed by atoms with van der Waals surface area (Å²) in [6.45, 7) is 0. The minimum atomic E-state index is -0.194. The van der Waals surface area contributed by atoms with Crippen LogP contribution in [0.3, 0.4) is 0 Å². The molecule has 0 aliphatic carbocycles. The van der Waals surface area contributed by atoms with Crippen LogP contribution in [0.25, 0.3) is 11.0 Å². The van der Waals surface area contributed by atoms with Crippen LogP contribution in [0.15, 0.2) is 23.0 Å². The molecule has 0 saturated heterocycles. The normalized spacial score (nSPS) is 12.8. The molecule has 0 radical (unpaired) electrons. The predicted octanol–water partition coefficient (Wildman–Crippen LogP) is 1.76. The Balaban J connectivity index is 2.37. The van der Waals surface area contributed by atoms with E-state index in [9.17, 15) is 4.79 Å². The molecule has 1 unspecified atom stereocenters. The fraction of sp³-hybridized carbons (Fsp3) is 0.385. The van der Waals surface area contributed by atoms with Crippen molar-refractivity contribution in [3.8, 4) is 6.07 Å². The molecule has 5 heteroatoms. The van der Waals surface area contributed by atoms with E-state index >= 15 is 0 Å². The molecule has 2 aromatic rings. The number of H-pyrrole nitrogens is 2. The van der Waals surface area contributed by atoms with Crippen LogP contribution in [-0.2, 0) is 0 Å². The van der Waals surface area contributed by atoms with Crippen LogP contribution in [0.5, 0.6) is 0 Å². The van der Waals surface area contributed by atoms with Crippen LogP contribution < -0.4 is 5.69 Å². The van der Waals surface area contributed by atoms with Crippen molar-refractivity contribution in [2.75, 3.05) is 14.1 Å². The van der Waals surface area contributed by atoms with Gasteiger partial charge < -0.3 is 14.9 Å². The number of nitriles is 1. The molecule has 0 fully saturated rings. The van der Waals surface area contributed by atoms with Gasteiger partial charge in [0.05, 0.1) is 17.1 Å². The number of hydrogen-bond donors (Lipinski definition) is 2. The number of aromatic nitrogens is 2. The van der Waals surface area contributed by atoms with Gasteiger partial charge in [0.15, 0.2) is 0 Å². The summed E-state index contributed by atoms with van der Waals surface area (Å²) in [5, 5.41) is 8.70. The van der Waals surface area contributed by atoms with Crippen LogP contribution in [0.4, 0.5) is 0 Å². The highest BCUT2D eigenvalue weighted by molar-refractivity contribution is 5.75. The maximum Gasteiger partial charge on any atom is 0.323 e. The van der Waals surface area contributed by atoms with Gasteiger partial charge in [-0.3, -0.25) is 0 Å². The molecule has 1 atom stereocenters. The van der Waals surface area contributed by atoms with Crippen LogP contribution in [-0.4, -0.2) is 29.0 Å². The Hall–Kier alpha value is -2.06. The van der Waals surface area contributed by atoms with E-state index in [-0.39, 0.29) is 11.7 Å². The minimum absolute atomic E-state index is 0.187. The topological polar surface area (TPSA) is 75.7 Å². The molecule has 0 aliphatic rings. The first-order valence-corrected chi connectivity index (χ1v) is 5.87. The molecule has 0 bridgehead atoms. The van der Waals surface area contributed by atoms with Crippen molar-refractivity contribution in [3.63, 3.8) is 0 Å². The first kappa shape index (κ1) is 12.4. The number of nitrogens with one attached hydrogen (secondary N) is 2. The largest absolute Gasteiger partial charge is 0.323 e. The van der Waals surface area contributed by atoms with Crippen LogP contribution in [0.1, 0.15) is 24.4 Å². The fourth-order valence-electron chi connectivity index (χ4n) is 2.18. The number of fused-ring (bicyclic) bond motifs is 1. The SMILES string of the molecule is CN(C)C(CCC#N)c1ccc2[nH]c(=O)[nH]c2c1. The van der Waals surface area contributed by atoms with E-state index in [4.69, 9.17) is 5.26 Å². The first-order chi connectivity index (χ1) is 8.61. The van der Waals surface area contributed by atoms with E-state index in [1.54, 1.807) is 0 Å². The number of aromatic amines is 2. The highest BCUT2D eigenvalue weighted by atomic mass is 16.1. The fourth-order valence-corrected chi connectivity index (χ4v) is 2.18. The standard InChI is InChI=1S/C13H16N4O/c1-17(2)12(4-3-7-14)9-5-6-10-11(8-9)16-13(18)15-10/h5-6,8,12H,3-4H2,1-2H3,(H2,15,16,18). The van der Waals surface area contributed by atoms with Crippen LogP contribution in [0, 0.1) is 11.3 Å². The second-order valence-corrected chi connectivity index (χ2v) is 4.56. The maximum atomic E-state index is 11.2. The van der Waals surface area contributed by atoms with E-state index in [1.807, 2.05) is 32.3 Å². The van der Waals surface area contributed by atoms with Crippen molar-refractivity contribution in [1.82, 2.24) is 14.9 Å². The number of benzene rings is 1. The summed E-state index contributed by atoms with van der Waals surface area (Å²) in [4.78, 5) is 18.8. The van der Waals surface area contributed by atoms with Crippen LogP contribution in [0.2, 0.25) is 0 Å². The molecular weight excluding hydrogens is 228 g/mol. The lowest BCUT2D eigenvalue weighted by molar-refractivity contribution is 0.286. The van der Waals surface area contributed by atoms with Gasteiger partial charge in [-0.05, 0) is 38.2 Å². The van der Waals surface area contributed by atoms with E-state index in [2.05, 4.69) is 20.9 Å². The molecule has 94 valence electrons. The highest BCUT2D eigenvalue weighted by Gasteiger charge is 2.14. The zero-order chi connectivity index (χ0) is 13.1. The summed E-state index contributed by atoms with van der Waals surface area (Å²) in [6.07, 6.45) is 1.30. The molecule has 0 saturated carbocycles. The summed E-state index contributed by atoms with van der Waals surface area (Å²) >= 11 is 0. The average molecular weight is 244 g/mol. The van der Waals surface area contributed by atoms with Gasteiger partial charge in [0.25, 0.3) is 0 Å². The lowest BCUT2D eigenvalue weighted by atomic mass is 10.0. The van der Waals surface area contributed by atoms with Gasteiger partial charge in [-0.1, -0.05) is 6.07 Å². The molecule has 2 N–H and O–H groups in total. The van der Waals surface area contributed by atoms with Crippen LogP contribution >= 0.6 is 0 Å². The van der Waals surface area contributed by atoms with Crippen molar-refractivity contribution in [2.24, 2.45) is 0 Å². The quantitative estimate of drug-likeness (QED) is 0.860. The molecule has 18 heavy (non-hydrogen) atoms.